The maximum absolute atomic E-state index is 11.4. The minimum atomic E-state index is -0.480. The molecule has 0 saturated heterocycles. The Labute approximate surface area is 124 Å². The molecule has 9 heteroatoms. The van der Waals surface area contributed by atoms with E-state index in [0.717, 1.165) is 11.8 Å². The number of nitro groups is 1. The lowest BCUT2D eigenvalue weighted by atomic mass is 10.2. The van der Waals surface area contributed by atoms with Crippen molar-refractivity contribution in [1.82, 2.24) is 15.1 Å². The van der Waals surface area contributed by atoms with E-state index in [1.807, 2.05) is 0 Å². The van der Waals surface area contributed by atoms with Crippen molar-refractivity contribution in [2.75, 3.05) is 19.8 Å². The van der Waals surface area contributed by atoms with Crippen LogP contribution in [0, 0.1) is 10.1 Å². The Morgan fingerprint density at radius 3 is 2.57 bits per heavy atom. The van der Waals surface area contributed by atoms with E-state index in [1.54, 1.807) is 14.1 Å². The maximum Gasteiger partial charge on any atom is 0.277 e. The van der Waals surface area contributed by atoms with Crippen LogP contribution < -0.4 is 0 Å². The van der Waals surface area contributed by atoms with Crippen LogP contribution in [0.15, 0.2) is 33.9 Å². The van der Waals surface area contributed by atoms with Gasteiger partial charge in [0.05, 0.1) is 10.7 Å². The molecule has 0 radical (unpaired) electrons. The van der Waals surface area contributed by atoms with Crippen LogP contribution >= 0.6 is 11.8 Å². The summed E-state index contributed by atoms with van der Waals surface area (Å²) in [6, 6.07) is 5.79. The minimum absolute atomic E-state index is 0.00977. The summed E-state index contributed by atoms with van der Waals surface area (Å²) in [5.41, 5.74) is 0.573. The second-order valence-electron chi connectivity index (χ2n) is 4.25. The summed E-state index contributed by atoms with van der Waals surface area (Å²) in [5, 5.41) is 18.5. The summed E-state index contributed by atoms with van der Waals surface area (Å²) in [6.45, 7) is 0. The number of amides is 1. The zero-order valence-electron chi connectivity index (χ0n) is 11.3. The van der Waals surface area contributed by atoms with Crippen LogP contribution in [-0.4, -0.2) is 45.8 Å². The quantitative estimate of drug-likeness (QED) is 0.471. The molecule has 1 aromatic carbocycles. The first kappa shape index (κ1) is 15.0. The van der Waals surface area contributed by atoms with Crippen LogP contribution in [0.5, 0.6) is 0 Å². The van der Waals surface area contributed by atoms with Gasteiger partial charge < -0.3 is 9.32 Å². The van der Waals surface area contributed by atoms with E-state index in [-0.39, 0.29) is 28.5 Å². The fourth-order valence-electron chi connectivity index (χ4n) is 1.36. The maximum atomic E-state index is 11.4. The number of aromatic nitrogens is 2. The largest absolute Gasteiger partial charge is 0.411 e. The van der Waals surface area contributed by atoms with Gasteiger partial charge in [-0.3, -0.25) is 14.9 Å². The van der Waals surface area contributed by atoms with Crippen molar-refractivity contribution in [2.24, 2.45) is 0 Å². The summed E-state index contributed by atoms with van der Waals surface area (Å²) < 4.78 is 5.40. The van der Waals surface area contributed by atoms with Gasteiger partial charge in [0.15, 0.2) is 0 Å². The normalized spacial score (nSPS) is 10.4. The highest BCUT2D eigenvalue weighted by molar-refractivity contribution is 7.99. The molecule has 110 valence electrons. The van der Waals surface area contributed by atoms with Gasteiger partial charge in [0, 0.05) is 31.8 Å². The monoisotopic (exact) mass is 308 g/mol. The first-order valence-corrected chi connectivity index (χ1v) is 6.87. The number of non-ortho nitro benzene ring substituents is 1. The number of carbonyl (C=O) groups excluding carboxylic acids is 1. The Morgan fingerprint density at radius 2 is 2.00 bits per heavy atom. The fraction of sp³-hybridized carbons (Fsp3) is 0.250. The van der Waals surface area contributed by atoms with E-state index in [9.17, 15) is 14.9 Å². The molecule has 1 heterocycles. The highest BCUT2D eigenvalue weighted by Crippen LogP contribution is 2.24. The van der Waals surface area contributed by atoms with Crippen LogP contribution in [0.1, 0.15) is 0 Å². The Balaban J connectivity index is 2.05. The lowest BCUT2D eigenvalue weighted by molar-refractivity contribution is -0.384. The topological polar surface area (TPSA) is 102 Å². The third-order valence-electron chi connectivity index (χ3n) is 2.55. The van der Waals surface area contributed by atoms with Gasteiger partial charge in [0.2, 0.25) is 11.8 Å². The predicted octanol–water partition coefficient (Wildman–Crippen LogP) is 1.83. The van der Waals surface area contributed by atoms with E-state index < -0.39 is 4.92 Å². The number of hydrogen-bond donors (Lipinski definition) is 0. The van der Waals surface area contributed by atoms with Crippen molar-refractivity contribution in [3.63, 3.8) is 0 Å². The van der Waals surface area contributed by atoms with Gasteiger partial charge in [-0.05, 0) is 12.1 Å². The molecular weight excluding hydrogens is 296 g/mol. The molecule has 0 atom stereocenters. The molecule has 0 N–H and O–H groups in total. The lowest BCUT2D eigenvalue weighted by Gasteiger charge is -2.07. The first-order chi connectivity index (χ1) is 9.97. The number of benzene rings is 1. The molecule has 1 amide bonds. The number of carbonyl (C=O) groups is 1. The van der Waals surface area contributed by atoms with Gasteiger partial charge in [-0.15, -0.1) is 10.2 Å². The number of hydrogen-bond acceptors (Lipinski definition) is 7. The molecule has 1 aromatic heterocycles. The summed E-state index contributed by atoms with van der Waals surface area (Å²) >= 11 is 1.14. The number of nitrogens with zero attached hydrogens (tertiary/aromatic N) is 4. The summed E-state index contributed by atoms with van der Waals surface area (Å²) in [5.74, 6) is 0.398. The highest BCUT2D eigenvalue weighted by atomic mass is 32.2. The standard InChI is InChI=1S/C12H12N4O4S/c1-15(2)10(17)7-21-12-14-13-11(20-12)8-3-5-9(6-4-8)16(18)19/h3-6H,7H2,1-2H3. The Bertz CT molecular complexity index is 654. The molecule has 0 saturated carbocycles. The first-order valence-electron chi connectivity index (χ1n) is 5.88. The van der Waals surface area contributed by atoms with E-state index in [4.69, 9.17) is 4.42 Å². The molecule has 21 heavy (non-hydrogen) atoms. The predicted molar refractivity (Wildman–Crippen MR) is 75.8 cm³/mol. The van der Waals surface area contributed by atoms with Gasteiger partial charge in [0.25, 0.3) is 10.9 Å². The molecular formula is C12H12N4O4S. The Kier molecular flexibility index (Phi) is 4.53. The van der Waals surface area contributed by atoms with Crippen LogP contribution in [0.3, 0.4) is 0 Å². The molecule has 0 aliphatic carbocycles. The lowest BCUT2D eigenvalue weighted by Crippen LogP contribution is -2.23. The fourth-order valence-corrected chi connectivity index (χ4v) is 2.10. The van der Waals surface area contributed by atoms with Gasteiger partial charge in [0.1, 0.15) is 0 Å². The molecule has 2 rings (SSSR count). The van der Waals surface area contributed by atoms with Crippen LogP contribution in [0.2, 0.25) is 0 Å². The second kappa shape index (κ2) is 6.35. The van der Waals surface area contributed by atoms with E-state index in [0.29, 0.717) is 5.56 Å². The highest BCUT2D eigenvalue weighted by Gasteiger charge is 2.13. The van der Waals surface area contributed by atoms with E-state index >= 15 is 0 Å². The molecule has 2 aromatic rings. The SMILES string of the molecule is CN(C)C(=O)CSc1nnc(-c2ccc([N+](=O)[O-])cc2)o1. The van der Waals surface area contributed by atoms with Gasteiger partial charge in [-0.25, -0.2) is 0 Å². The van der Waals surface area contributed by atoms with Crippen molar-refractivity contribution in [3.05, 3.63) is 34.4 Å². The second-order valence-corrected chi connectivity index (χ2v) is 5.18. The van der Waals surface area contributed by atoms with E-state index in [2.05, 4.69) is 10.2 Å². The molecule has 8 nitrogen and oxygen atoms in total. The third-order valence-corrected chi connectivity index (χ3v) is 3.35. The van der Waals surface area contributed by atoms with Crippen molar-refractivity contribution in [1.29, 1.82) is 0 Å². The molecule has 0 spiro atoms. The molecule has 0 bridgehead atoms. The minimum Gasteiger partial charge on any atom is -0.411 e. The van der Waals surface area contributed by atoms with Crippen molar-refractivity contribution in [3.8, 4) is 11.5 Å². The number of rotatable bonds is 5. The van der Waals surface area contributed by atoms with Gasteiger partial charge >= 0.3 is 0 Å². The van der Waals surface area contributed by atoms with Crippen molar-refractivity contribution < 1.29 is 14.1 Å². The molecule has 0 unspecified atom stereocenters. The average Bonchev–Trinajstić information content (AvgIpc) is 2.93. The molecule has 0 fully saturated rings. The number of thioether (sulfide) groups is 1. The van der Waals surface area contributed by atoms with E-state index in [1.165, 1.54) is 29.2 Å². The Hall–Kier alpha value is -2.42. The van der Waals surface area contributed by atoms with Crippen LogP contribution in [0.4, 0.5) is 5.69 Å². The molecule has 0 aliphatic rings. The van der Waals surface area contributed by atoms with Gasteiger partial charge in [-0.2, -0.15) is 0 Å². The van der Waals surface area contributed by atoms with Crippen LogP contribution in [0.25, 0.3) is 11.5 Å². The number of nitro benzene ring substituents is 1. The smallest absolute Gasteiger partial charge is 0.277 e. The summed E-state index contributed by atoms with van der Waals surface area (Å²) in [6.07, 6.45) is 0. The van der Waals surface area contributed by atoms with Crippen molar-refractivity contribution >= 4 is 23.4 Å². The zero-order chi connectivity index (χ0) is 15.4. The van der Waals surface area contributed by atoms with Gasteiger partial charge in [-0.1, -0.05) is 11.8 Å². The average molecular weight is 308 g/mol. The van der Waals surface area contributed by atoms with Crippen molar-refractivity contribution in [2.45, 2.75) is 5.22 Å². The zero-order valence-corrected chi connectivity index (χ0v) is 12.2. The Morgan fingerprint density at radius 1 is 1.33 bits per heavy atom. The summed E-state index contributed by atoms with van der Waals surface area (Å²) in [4.78, 5) is 23.0. The van der Waals surface area contributed by atoms with Crippen LogP contribution in [-0.2, 0) is 4.79 Å². The molecule has 0 aliphatic heterocycles. The third kappa shape index (κ3) is 3.78. The summed E-state index contributed by atoms with van der Waals surface area (Å²) in [7, 11) is 3.33.